The van der Waals surface area contributed by atoms with Gasteiger partial charge in [-0.25, -0.2) is 0 Å². The fourth-order valence-corrected chi connectivity index (χ4v) is 2.84. The Morgan fingerprint density at radius 3 is 2.67 bits per heavy atom. The third-order valence-electron chi connectivity index (χ3n) is 4.37. The van der Waals surface area contributed by atoms with Gasteiger partial charge in [-0.1, -0.05) is 12.1 Å². The molecule has 1 saturated carbocycles. The Kier molecular flexibility index (Phi) is 3.48. The molecule has 0 spiro atoms. The molecule has 7 nitrogen and oxygen atoms in total. The Labute approximate surface area is 140 Å². The first kappa shape index (κ1) is 14.7. The van der Waals surface area contributed by atoms with Crippen LogP contribution in [0.25, 0.3) is 11.0 Å². The van der Waals surface area contributed by atoms with E-state index in [9.17, 15) is 0 Å². The molecule has 124 valence electrons. The smallest absolute Gasteiger partial charge is 0.229 e. The number of aromatic nitrogens is 4. The van der Waals surface area contributed by atoms with Crippen LogP contribution < -0.4 is 15.4 Å². The molecule has 2 aromatic heterocycles. The fraction of sp³-hybridized carbons (Fsp3) is 0.353. The van der Waals surface area contributed by atoms with Crippen molar-refractivity contribution in [3.63, 3.8) is 0 Å². The van der Waals surface area contributed by atoms with Gasteiger partial charge in [-0.05, 0) is 30.5 Å². The van der Waals surface area contributed by atoms with Gasteiger partial charge in [0, 0.05) is 19.6 Å². The first-order valence-electron chi connectivity index (χ1n) is 8.00. The predicted octanol–water partition coefficient (Wildman–Crippen LogP) is 2.12. The van der Waals surface area contributed by atoms with Crippen LogP contribution in [0.3, 0.4) is 0 Å². The topological polar surface area (TPSA) is 82.1 Å². The average molecular weight is 324 g/mol. The summed E-state index contributed by atoms with van der Waals surface area (Å²) in [6.07, 6.45) is 4.02. The molecule has 0 amide bonds. The van der Waals surface area contributed by atoms with Crippen molar-refractivity contribution in [1.82, 2.24) is 19.7 Å². The van der Waals surface area contributed by atoms with Crippen LogP contribution in [0.4, 0.5) is 11.8 Å². The van der Waals surface area contributed by atoms with E-state index in [2.05, 4.69) is 27.1 Å². The van der Waals surface area contributed by atoms with Crippen LogP contribution in [-0.2, 0) is 13.6 Å². The first-order chi connectivity index (χ1) is 11.7. The molecule has 1 aliphatic rings. The molecule has 1 aliphatic carbocycles. The van der Waals surface area contributed by atoms with Gasteiger partial charge >= 0.3 is 0 Å². The lowest BCUT2D eigenvalue weighted by Gasteiger charge is -2.23. The number of nitrogens with zero attached hydrogens (tertiary/aromatic N) is 5. The second kappa shape index (κ2) is 5.67. The molecule has 24 heavy (non-hydrogen) atoms. The number of methoxy groups -OCH3 is 1. The van der Waals surface area contributed by atoms with Crippen LogP contribution in [0.2, 0.25) is 0 Å². The number of nitrogen functional groups attached to an aromatic ring is 1. The monoisotopic (exact) mass is 324 g/mol. The SMILES string of the molecule is COc1ccc(CN(c2nc(N)c3cnn(C)c3n2)C2CC2)cc1. The maximum Gasteiger partial charge on any atom is 0.229 e. The summed E-state index contributed by atoms with van der Waals surface area (Å²) in [5.41, 5.74) is 8.06. The lowest BCUT2D eigenvalue weighted by molar-refractivity contribution is 0.414. The third kappa shape index (κ3) is 2.62. The Hall–Kier alpha value is -2.83. The molecule has 3 aromatic rings. The number of nitrogens with two attached hydrogens (primary N) is 1. The molecule has 0 atom stereocenters. The second-order valence-electron chi connectivity index (χ2n) is 6.12. The van der Waals surface area contributed by atoms with Crippen molar-refractivity contribution < 1.29 is 4.74 Å². The maximum absolute atomic E-state index is 6.11. The van der Waals surface area contributed by atoms with Gasteiger partial charge in [-0.3, -0.25) is 4.68 Å². The van der Waals surface area contributed by atoms with Crippen molar-refractivity contribution in [2.24, 2.45) is 7.05 Å². The molecule has 7 heteroatoms. The van der Waals surface area contributed by atoms with Crippen LogP contribution in [0.15, 0.2) is 30.5 Å². The summed E-state index contributed by atoms with van der Waals surface area (Å²) in [5.74, 6) is 2.00. The maximum atomic E-state index is 6.11. The molecule has 0 radical (unpaired) electrons. The van der Waals surface area contributed by atoms with Crippen molar-refractivity contribution in [2.75, 3.05) is 17.7 Å². The second-order valence-corrected chi connectivity index (χ2v) is 6.12. The van der Waals surface area contributed by atoms with Gasteiger partial charge in [0.2, 0.25) is 5.95 Å². The Balaban J connectivity index is 1.68. The zero-order valence-corrected chi connectivity index (χ0v) is 13.8. The van der Waals surface area contributed by atoms with E-state index in [0.717, 1.165) is 36.2 Å². The van der Waals surface area contributed by atoms with Crippen molar-refractivity contribution >= 4 is 22.8 Å². The zero-order chi connectivity index (χ0) is 16.7. The first-order valence-corrected chi connectivity index (χ1v) is 8.00. The van der Waals surface area contributed by atoms with E-state index in [-0.39, 0.29) is 0 Å². The van der Waals surface area contributed by atoms with Crippen molar-refractivity contribution in [1.29, 1.82) is 0 Å². The summed E-state index contributed by atoms with van der Waals surface area (Å²) in [7, 11) is 3.54. The van der Waals surface area contributed by atoms with E-state index in [1.54, 1.807) is 18.0 Å². The standard InChI is InChI=1S/C17H20N6O/c1-22-16-14(9-19-22)15(18)20-17(21-16)23(12-5-6-12)10-11-3-7-13(24-2)8-4-11/h3-4,7-9,12H,5-6,10H2,1-2H3,(H2,18,20,21). The largest absolute Gasteiger partial charge is 0.497 e. The molecule has 0 aliphatic heterocycles. The van der Waals surface area contributed by atoms with Crippen molar-refractivity contribution in [2.45, 2.75) is 25.4 Å². The number of benzene rings is 1. The number of aryl methyl sites for hydroxylation is 1. The molecule has 0 unspecified atom stereocenters. The summed E-state index contributed by atoms with van der Waals surface area (Å²) in [4.78, 5) is 11.4. The van der Waals surface area contributed by atoms with Gasteiger partial charge in [0.25, 0.3) is 0 Å². The van der Waals surface area contributed by atoms with Crippen LogP contribution >= 0.6 is 0 Å². The van der Waals surface area contributed by atoms with E-state index in [4.69, 9.17) is 15.5 Å². The van der Waals surface area contributed by atoms with Gasteiger partial charge in [0.05, 0.1) is 18.7 Å². The highest BCUT2D eigenvalue weighted by Gasteiger charge is 2.31. The summed E-state index contributed by atoms with van der Waals surface area (Å²) < 4.78 is 6.95. The minimum absolute atomic E-state index is 0.470. The number of rotatable bonds is 5. The molecular weight excluding hydrogens is 304 g/mol. The number of hydrogen-bond acceptors (Lipinski definition) is 6. The minimum Gasteiger partial charge on any atom is -0.497 e. The number of ether oxygens (including phenoxy) is 1. The van der Waals surface area contributed by atoms with Gasteiger partial charge in [0.15, 0.2) is 5.65 Å². The Bertz CT molecular complexity index is 869. The minimum atomic E-state index is 0.470. The highest BCUT2D eigenvalue weighted by atomic mass is 16.5. The van der Waals surface area contributed by atoms with E-state index < -0.39 is 0 Å². The predicted molar refractivity (Wildman–Crippen MR) is 92.9 cm³/mol. The van der Waals surface area contributed by atoms with Gasteiger partial charge in [-0.2, -0.15) is 15.1 Å². The van der Waals surface area contributed by atoms with Crippen molar-refractivity contribution in [3.8, 4) is 5.75 Å². The quantitative estimate of drug-likeness (QED) is 0.774. The lowest BCUT2D eigenvalue weighted by atomic mass is 10.2. The Morgan fingerprint density at radius 1 is 1.25 bits per heavy atom. The highest BCUT2D eigenvalue weighted by molar-refractivity contribution is 5.86. The third-order valence-corrected chi connectivity index (χ3v) is 4.37. The van der Waals surface area contributed by atoms with Crippen molar-refractivity contribution in [3.05, 3.63) is 36.0 Å². The van der Waals surface area contributed by atoms with E-state index >= 15 is 0 Å². The van der Waals surface area contributed by atoms with Crippen LogP contribution in [-0.4, -0.2) is 32.9 Å². The summed E-state index contributed by atoms with van der Waals surface area (Å²) >= 11 is 0. The van der Waals surface area contributed by atoms with E-state index in [1.165, 1.54) is 5.56 Å². The molecule has 0 saturated heterocycles. The number of hydrogen-bond donors (Lipinski definition) is 1. The molecule has 2 heterocycles. The van der Waals surface area contributed by atoms with E-state index in [1.807, 2.05) is 19.2 Å². The average Bonchev–Trinajstić information content (AvgIpc) is 3.37. The molecule has 2 N–H and O–H groups in total. The highest BCUT2D eigenvalue weighted by Crippen LogP contribution is 2.33. The normalized spacial score (nSPS) is 14.1. The lowest BCUT2D eigenvalue weighted by Crippen LogP contribution is -2.27. The summed E-state index contributed by atoms with van der Waals surface area (Å²) in [6, 6.07) is 8.55. The Morgan fingerprint density at radius 2 is 2.00 bits per heavy atom. The molecule has 1 aromatic carbocycles. The molecule has 0 bridgehead atoms. The summed E-state index contributed by atoms with van der Waals surface area (Å²) in [6.45, 7) is 0.747. The van der Waals surface area contributed by atoms with Crippen LogP contribution in [0.1, 0.15) is 18.4 Å². The molecule has 1 fully saturated rings. The number of fused-ring (bicyclic) bond motifs is 1. The van der Waals surface area contributed by atoms with Gasteiger partial charge in [0.1, 0.15) is 11.6 Å². The van der Waals surface area contributed by atoms with Gasteiger partial charge in [-0.15, -0.1) is 0 Å². The van der Waals surface area contributed by atoms with E-state index in [0.29, 0.717) is 17.8 Å². The van der Waals surface area contributed by atoms with Crippen LogP contribution in [0, 0.1) is 0 Å². The molecule has 4 rings (SSSR count). The zero-order valence-electron chi connectivity index (χ0n) is 13.8. The number of anilines is 2. The molecular formula is C17H20N6O. The van der Waals surface area contributed by atoms with Gasteiger partial charge < -0.3 is 15.4 Å². The van der Waals surface area contributed by atoms with Crippen LogP contribution in [0.5, 0.6) is 5.75 Å². The fourth-order valence-electron chi connectivity index (χ4n) is 2.84. The summed E-state index contributed by atoms with van der Waals surface area (Å²) in [5, 5.41) is 5.02.